The third-order valence-corrected chi connectivity index (χ3v) is 8.73. The van der Waals surface area contributed by atoms with Crippen molar-refractivity contribution in [3.05, 3.63) is 125 Å². The number of rotatable bonds is 4. The van der Waals surface area contributed by atoms with Gasteiger partial charge in [0, 0.05) is 23.6 Å². The van der Waals surface area contributed by atoms with E-state index in [4.69, 9.17) is 4.74 Å². The van der Waals surface area contributed by atoms with Gasteiger partial charge in [-0.3, -0.25) is 14.4 Å². The largest absolute Gasteiger partial charge is 0.497 e. The van der Waals surface area contributed by atoms with Gasteiger partial charge >= 0.3 is 0 Å². The molecule has 4 aromatic carbocycles. The van der Waals surface area contributed by atoms with E-state index >= 15 is 0 Å². The van der Waals surface area contributed by atoms with E-state index in [2.05, 4.69) is 29.6 Å². The van der Waals surface area contributed by atoms with E-state index in [1.807, 2.05) is 31.2 Å². The highest BCUT2D eigenvalue weighted by Crippen LogP contribution is 2.67. The summed E-state index contributed by atoms with van der Waals surface area (Å²) >= 11 is 0. The van der Waals surface area contributed by atoms with E-state index in [0.29, 0.717) is 17.1 Å². The van der Waals surface area contributed by atoms with Gasteiger partial charge in [0.2, 0.25) is 11.8 Å². The van der Waals surface area contributed by atoms with E-state index in [-0.39, 0.29) is 29.2 Å². The molecule has 4 aromatic rings. The first-order valence-electron chi connectivity index (χ1n) is 13.1. The molecule has 6 heteroatoms. The molecular weight excluding hydrogens is 488 g/mol. The molecular formula is C33H26N2O4. The molecule has 1 heterocycles. The highest BCUT2D eigenvalue weighted by Gasteiger charge is 2.69. The summed E-state index contributed by atoms with van der Waals surface area (Å²) in [6.45, 7) is 1.93. The number of anilines is 2. The molecule has 2 atom stereocenters. The summed E-state index contributed by atoms with van der Waals surface area (Å²) in [6.07, 6.45) is 0. The van der Waals surface area contributed by atoms with Crippen molar-refractivity contribution in [1.82, 2.24) is 0 Å². The Morgan fingerprint density at radius 3 is 2.10 bits per heavy atom. The SMILES string of the molecule is COc1cccc(NC(=O)c2ccccc2N2C(=O)[C@@H]3C4c5ccccc5C(c5ccccc54)[C@]3(C)C2=O)c1. The summed E-state index contributed by atoms with van der Waals surface area (Å²) in [6, 6.07) is 30.2. The van der Waals surface area contributed by atoms with Gasteiger partial charge in [-0.1, -0.05) is 66.7 Å². The predicted octanol–water partition coefficient (Wildman–Crippen LogP) is 5.73. The molecule has 4 aliphatic rings. The molecule has 0 spiro atoms. The van der Waals surface area contributed by atoms with Gasteiger partial charge in [0.1, 0.15) is 5.75 Å². The average molecular weight is 515 g/mol. The summed E-state index contributed by atoms with van der Waals surface area (Å²) in [4.78, 5) is 43.6. The number of imide groups is 1. The number of methoxy groups -OCH3 is 1. The second kappa shape index (κ2) is 8.40. The molecule has 3 amide bonds. The lowest BCUT2D eigenvalue weighted by Crippen LogP contribution is -2.49. The van der Waals surface area contributed by atoms with Gasteiger partial charge in [-0.2, -0.15) is 0 Å². The Morgan fingerprint density at radius 1 is 0.821 bits per heavy atom. The number of hydrogen-bond acceptors (Lipinski definition) is 4. The number of nitrogens with zero attached hydrogens (tertiary/aromatic N) is 1. The van der Waals surface area contributed by atoms with Crippen LogP contribution in [0, 0.1) is 11.3 Å². The second-order valence-corrected chi connectivity index (χ2v) is 10.6. The minimum atomic E-state index is -0.971. The fourth-order valence-electron chi connectivity index (χ4n) is 7.10. The second-order valence-electron chi connectivity index (χ2n) is 10.6. The number of amides is 3. The monoisotopic (exact) mass is 514 g/mol. The molecule has 1 saturated heterocycles. The van der Waals surface area contributed by atoms with Crippen LogP contribution in [0.3, 0.4) is 0 Å². The zero-order valence-electron chi connectivity index (χ0n) is 21.5. The van der Waals surface area contributed by atoms with Crippen molar-refractivity contribution >= 4 is 29.1 Å². The van der Waals surface area contributed by atoms with E-state index in [1.165, 1.54) is 4.90 Å². The van der Waals surface area contributed by atoms with Crippen LogP contribution >= 0.6 is 0 Å². The molecule has 2 bridgehead atoms. The van der Waals surface area contributed by atoms with Crippen LogP contribution in [0.25, 0.3) is 0 Å². The smallest absolute Gasteiger partial charge is 0.257 e. The molecule has 8 rings (SSSR count). The standard InChI is InChI=1S/C33H26N2O4/c1-33-28-23-14-5-3-12-21(23)27(22-13-4-6-15-24(22)28)29(33)31(37)35(32(33)38)26-17-8-7-16-25(26)30(36)34-19-10-9-11-20(18-19)39-2/h3-18,27-29H,1-2H3,(H,34,36)/t27?,28?,29-,33-/m0/s1. The maximum absolute atomic E-state index is 14.5. The molecule has 0 radical (unpaired) electrons. The Kier molecular flexibility index (Phi) is 5.04. The number of para-hydroxylation sites is 1. The van der Waals surface area contributed by atoms with Crippen molar-refractivity contribution < 1.29 is 19.1 Å². The fourth-order valence-corrected chi connectivity index (χ4v) is 7.10. The highest BCUT2D eigenvalue weighted by atomic mass is 16.5. The number of nitrogens with one attached hydrogen (secondary N) is 1. The molecule has 0 aromatic heterocycles. The maximum Gasteiger partial charge on any atom is 0.257 e. The van der Waals surface area contributed by atoms with E-state index in [9.17, 15) is 14.4 Å². The summed E-state index contributed by atoms with van der Waals surface area (Å²) in [5, 5.41) is 2.89. The molecule has 0 unspecified atom stereocenters. The van der Waals surface area contributed by atoms with Crippen molar-refractivity contribution in [3.8, 4) is 5.75 Å². The van der Waals surface area contributed by atoms with Gasteiger partial charge in [0.25, 0.3) is 5.91 Å². The maximum atomic E-state index is 14.5. The van der Waals surface area contributed by atoms with Crippen LogP contribution in [0.1, 0.15) is 51.4 Å². The van der Waals surface area contributed by atoms with Crippen LogP contribution in [0.4, 0.5) is 11.4 Å². The minimum Gasteiger partial charge on any atom is -0.497 e. The van der Waals surface area contributed by atoms with Gasteiger partial charge in [-0.25, -0.2) is 4.90 Å². The Bertz CT molecular complexity index is 1650. The Morgan fingerprint density at radius 2 is 1.44 bits per heavy atom. The van der Waals surface area contributed by atoms with E-state index < -0.39 is 17.2 Å². The summed E-state index contributed by atoms with van der Waals surface area (Å²) < 4.78 is 5.27. The van der Waals surface area contributed by atoms with Crippen molar-refractivity contribution in [2.24, 2.45) is 11.3 Å². The van der Waals surface area contributed by atoms with Gasteiger partial charge in [0.15, 0.2) is 0 Å². The Labute approximate surface area is 226 Å². The van der Waals surface area contributed by atoms with Crippen LogP contribution in [0.15, 0.2) is 97.1 Å². The Hall–Kier alpha value is -4.71. The number of benzene rings is 4. The third-order valence-electron chi connectivity index (χ3n) is 8.73. The summed E-state index contributed by atoms with van der Waals surface area (Å²) in [5.41, 5.74) is 4.56. The molecule has 0 saturated carbocycles. The van der Waals surface area contributed by atoms with Crippen molar-refractivity contribution in [3.63, 3.8) is 0 Å². The summed E-state index contributed by atoms with van der Waals surface area (Å²) in [7, 11) is 1.56. The lowest BCUT2D eigenvalue weighted by atomic mass is 9.48. The molecule has 1 aliphatic heterocycles. The van der Waals surface area contributed by atoms with Gasteiger partial charge in [0.05, 0.1) is 29.7 Å². The fraction of sp³-hybridized carbons (Fsp3) is 0.182. The minimum absolute atomic E-state index is 0.230. The van der Waals surface area contributed by atoms with Crippen LogP contribution in [0.5, 0.6) is 5.75 Å². The van der Waals surface area contributed by atoms with Crippen molar-refractivity contribution in [2.45, 2.75) is 18.8 Å². The zero-order chi connectivity index (χ0) is 26.9. The molecule has 6 nitrogen and oxygen atoms in total. The predicted molar refractivity (Wildman–Crippen MR) is 148 cm³/mol. The van der Waals surface area contributed by atoms with E-state index in [0.717, 1.165) is 22.3 Å². The normalized spacial score (nSPS) is 24.2. The van der Waals surface area contributed by atoms with Gasteiger partial charge in [-0.15, -0.1) is 0 Å². The van der Waals surface area contributed by atoms with Crippen LogP contribution in [0.2, 0.25) is 0 Å². The first-order valence-corrected chi connectivity index (χ1v) is 13.1. The zero-order valence-corrected chi connectivity index (χ0v) is 21.5. The quantitative estimate of drug-likeness (QED) is 0.353. The number of ether oxygens (including phenoxy) is 1. The molecule has 3 aliphatic carbocycles. The lowest BCUT2D eigenvalue weighted by molar-refractivity contribution is -0.128. The first-order chi connectivity index (χ1) is 18.9. The van der Waals surface area contributed by atoms with Crippen LogP contribution in [-0.2, 0) is 9.59 Å². The molecule has 39 heavy (non-hydrogen) atoms. The number of carbonyl (C=O) groups excluding carboxylic acids is 3. The first kappa shape index (κ1) is 23.4. The molecule has 1 fully saturated rings. The highest BCUT2D eigenvalue weighted by molar-refractivity contribution is 6.27. The third kappa shape index (κ3) is 3.12. The number of carbonyl (C=O) groups is 3. The molecule has 1 N–H and O–H groups in total. The van der Waals surface area contributed by atoms with Crippen LogP contribution in [-0.4, -0.2) is 24.8 Å². The topological polar surface area (TPSA) is 75.7 Å². The lowest BCUT2D eigenvalue weighted by Gasteiger charge is -2.51. The van der Waals surface area contributed by atoms with Crippen molar-refractivity contribution in [1.29, 1.82) is 0 Å². The van der Waals surface area contributed by atoms with Crippen molar-refractivity contribution in [2.75, 3.05) is 17.3 Å². The summed E-state index contributed by atoms with van der Waals surface area (Å²) in [5.74, 6) is -1.37. The number of hydrogen-bond donors (Lipinski definition) is 1. The average Bonchev–Trinajstić information content (AvgIpc) is 3.18. The van der Waals surface area contributed by atoms with Gasteiger partial charge < -0.3 is 10.1 Å². The van der Waals surface area contributed by atoms with Gasteiger partial charge in [-0.05, 0) is 53.4 Å². The van der Waals surface area contributed by atoms with E-state index in [1.54, 1.807) is 55.6 Å². The molecule has 192 valence electrons. The Balaban J connectivity index is 1.33. The van der Waals surface area contributed by atoms with Crippen LogP contribution < -0.4 is 15.0 Å².